The summed E-state index contributed by atoms with van der Waals surface area (Å²) in [6, 6.07) is 16.0. The Labute approximate surface area is 236 Å². The van der Waals surface area contributed by atoms with Gasteiger partial charge in [-0.2, -0.15) is 18.3 Å². The normalized spacial score (nSPS) is 12.1. The molecule has 0 bridgehead atoms. The van der Waals surface area contributed by atoms with Crippen LogP contribution >= 0.6 is 0 Å². The summed E-state index contributed by atoms with van der Waals surface area (Å²) >= 11 is 0. The number of rotatable bonds is 12. The van der Waals surface area contributed by atoms with E-state index in [1.54, 1.807) is 43.8 Å². The summed E-state index contributed by atoms with van der Waals surface area (Å²) < 4.78 is 56.9. The van der Waals surface area contributed by atoms with Crippen molar-refractivity contribution >= 4 is 5.97 Å². The van der Waals surface area contributed by atoms with E-state index in [9.17, 15) is 18.0 Å². The first-order valence-corrected chi connectivity index (χ1v) is 13.1. The molecule has 0 spiro atoms. The molecule has 0 fully saturated rings. The molecule has 0 radical (unpaired) electrons. The van der Waals surface area contributed by atoms with Crippen molar-refractivity contribution in [2.75, 3.05) is 6.61 Å². The molecule has 0 saturated heterocycles. The fraction of sp³-hybridized carbons (Fsp3) is 0.333. The molecule has 0 aliphatic rings. The maximum Gasteiger partial charge on any atom is 0.416 e. The van der Waals surface area contributed by atoms with Gasteiger partial charge >= 0.3 is 12.1 Å². The number of furan rings is 1. The van der Waals surface area contributed by atoms with Crippen molar-refractivity contribution in [3.8, 4) is 11.4 Å². The van der Waals surface area contributed by atoms with Crippen molar-refractivity contribution in [3.05, 3.63) is 101 Å². The molecule has 8 nitrogen and oxygen atoms in total. The van der Waals surface area contributed by atoms with Crippen LogP contribution in [0.15, 0.2) is 77.5 Å². The number of nitrogens with one attached hydrogen (secondary N) is 1. The number of alkyl halides is 3. The Hall–Kier alpha value is -4.09. The average Bonchev–Trinajstić information content (AvgIpc) is 3.58. The summed E-state index contributed by atoms with van der Waals surface area (Å²) in [5.41, 5.74) is 4.71. The van der Waals surface area contributed by atoms with Crippen LogP contribution in [0.3, 0.4) is 0 Å². The van der Waals surface area contributed by atoms with Crippen LogP contribution in [-0.2, 0) is 35.3 Å². The predicted molar refractivity (Wildman–Crippen MR) is 146 cm³/mol. The van der Waals surface area contributed by atoms with Crippen LogP contribution in [0.2, 0.25) is 0 Å². The van der Waals surface area contributed by atoms with Crippen LogP contribution in [0.1, 0.15) is 48.9 Å². The highest BCUT2D eigenvalue weighted by Gasteiger charge is 2.32. The zero-order valence-corrected chi connectivity index (χ0v) is 23.4. The van der Waals surface area contributed by atoms with Crippen LogP contribution in [0.25, 0.3) is 5.69 Å². The maximum absolute atomic E-state index is 13.0. The quantitative estimate of drug-likeness (QED) is 0.160. The zero-order valence-electron chi connectivity index (χ0n) is 23.4. The molecule has 2 aromatic heterocycles. The van der Waals surface area contributed by atoms with Gasteiger partial charge in [0.2, 0.25) is 0 Å². The molecular formula is C30H33F3N4O4. The smallest absolute Gasteiger partial charge is 0.416 e. The molecule has 0 saturated carbocycles. The van der Waals surface area contributed by atoms with Gasteiger partial charge in [0.15, 0.2) is 5.60 Å². The molecule has 4 rings (SSSR count). The molecule has 0 atom stereocenters. The standard InChI is InChI=1S/C30H33F3N4O4/c1-5-39-28(38)29(3,4)41-26-14-8-22(9-15-26)18-36(34-17-27-7-6-16-40-27)19-23-20-37(35-21(23)2)25-12-10-24(11-13-25)30(31,32)33/h6-16,20,34H,5,17-19H2,1-4H3. The molecule has 218 valence electrons. The predicted octanol–water partition coefficient (Wildman–Crippen LogP) is 6.22. The molecule has 2 heterocycles. The van der Waals surface area contributed by atoms with Crippen LogP contribution in [0.5, 0.6) is 5.75 Å². The molecular weight excluding hydrogens is 537 g/mol. The van der Waals surface area contributed by atoms with Crippen molar-refractivity contribution in [1.29, 1.82) is 0 Å². The average molecular weight is 571 g/mol. The molecule has 4 aromatic rings. The second-order valence-electron chi connectivity index (χ2n) is 9.98. The monoisotopic (exact) mass is 570 g/mol. The first kappa shape index (κ1) is 29.9. The SMILES string of the molecule is CCOC(=O)C(C)(C)Oc1ccc(CN(Cc2cn(-c3ccc(C(F)(F)F)cc3)nc2C)NCc2ccco2)cc1. The van der Waals surface area contributed by atoms with Crippen molar-refractivity contribution in [3.63, 3.8) is 0 Å². The van der Waals surface area contributed by atoms with E-state index in [1.165, 1.54) is 12.1 Å². The number of aromatic nitrogens is 2. The Morgan fingerprint density at radius 1 is 1.05 bits per heavy atom. The number of aryl methyl sites for hydroxylation is 1. The van der Waals surface area contributed by atoms with Crippen LogP contribution < -0.4 is 10.2 Å². The number of hydrogen-bond acceptors (Lipinski definition) is 7. The van der Waals surface area contributed by atoms with Crippen molar-refractivity contribution in [2.24, 2.45) is 0 Å². The number of hydrogen-bond donors (Lipinski definition) is 1. The first-order chi connectivity index (χ1) is 19.4. The summed E-state index contributed by atoms with van der Waals surface area (Å²) in [7, 11) is 0. The third-order valence-electron chi connectivity index (χ3n) is 6.31. The number of ether oxygens (including phenoxy) is 2. The number of esters is 1. The summed E-state index contributed by atoms with van der Waals surface area (Å²) in [5, 5.41) is 6.53. The summed E-state index contributed by atoms with van der Waals surface area (Å²) in [6.07, 6.45) is -0.977. The Morgan fingerprint density at radius 3 is 2.37 bits per heavy atom. The fourth-order valence-corrected chi connectivity index (χ4v) is 4.09. The lowest BCUT2D eigenvalue weighted by Crippen LogP contribution is -2.39. The van der Waals surface area contributed by atoms with Gasteiger partial charge in [0, 0.05) is 24.8 Å². The van der Waals surface area contributed by atoms with Crippen LogP contribution in [-0.4, -0.2) is 33.0 Å². The van der Waals surface area contributed by atoms with E-state index in [4.69, 9.17) is 13.9 Å². The van der Waals surface area contributed by atoms with E-state index >= 15 is 0 Å². The summed E-state index contributed by atoms with van der Waals surface area (Å²) in [5.74, 6) is 0.859. The van der Waals surface area contributed by atoms with Gasteiger partial charge < -0.3 is 13.9 Å². The van der Waals surface area contributed by atoms with Gasteiger partial charge in [-0.15, -0.1) is 0 Å². The minimum absolute atomic E-state index is 0.272. The maximum atomic E-state index is 13.0. The minimum atomic E-state index is -4.40. The topological polar surface area (TPSA) is 81.8 Å². The van der Waals surface area contributed by atoms with Crippen molar-refractivity contribution in [1.82, 2.24) is 20.2 Å². The molecule has 0 unspecified atom stereocenters. The third-order valence-corrected chi connectivity index (χ3v) is 6.31. The van der Waals surface area contributed by atoms with Crippen LogP contribution in [0.4, 0.5) is 13.2 Å². The van der Waals surface area contributed by atoms with Gasteiger partial charge in [-0.3, -0.25) is 0 Å². The van der Waals surface area contributed by atoms with Crippen molar-refractivity contribution < 1.29 is 31.9 Å². The number of hydrazine groups is 1. The highest BCUT2D eigenvalue weighted by molar-refractivity contribution is 5.79. The van der Waals surface area contributed by atoms with Gasteiger partial charge in [0.25, 0.3) is 0 Å². The lowest BCUT2D eigenvalue weighted by Gasteiger charge is -2.25. The summed E-state index contributed by atoms with van der Waals surface area (Å²) in [4.78, 5) is 12.2. The lowest BCUT2D eigenvalue weighted by molar-refractivity contribution is -0.158. The van der Waals surface area contributed by atoms with E-state index < -0.39 is 23.3 Å². The Kier molecular flexibility index (Phi) is 9.19. The Bertz CT molecular complexity index is 1410. The zero-order chi connectivity index (χ0) is 29.6. The molecule has 0 amide bonds. The van der Waals surface area contributed by atoms with E-state index in [-0.39, 0.29) is 6.61 Å². The largest absolute Gasteiger partial charge is 0.476 e. The fourth-order valence-electron chi connectivity index (χ4n) is 4.09. The first-order valence-electron chi connectivity index (χ1n) is 13.1. The number of nitrogens with zero attached hydrogens (tertiary/aromatic N) is 3. The number of benzene rings is 2. The van der Waals surface area contributed by atoms with E-state index in [0.29, 0.717) is 31.1 Å². The van der Waals surface area contributed by atoms with Crippen LogP contribution in [0, 0.1) is 6.92 Å². The second kappa shape index (κ2) is 12.6. The molecule has 2 aromatic carbocycles. The highest BCUT2D eigenvalue weighted by atomic mass is 19.4. The minimum Gasteiger partial charge on any atom is -0.476 e. The highest BCUT2D eigenvalue weighted by Crippen LogP contribution is 2.29. The molecule has 0 aliphatic carbocycles. The van der Waals surface area contributed by atoms with E-state index in [1.807, 2.05) is 42.4 Å². The molecule has 11 heteroatoms. The Balaban J connectivity index is 1.48. The van der Waals surface area contributed by atoms with Gasteiger partial charge in [0.05, 0.1) is 36.4 Å². The number of carbonyl (C=O) groups is 1. The molecule has 1 N–H and O–H groups in total. The summed E-state index contributed by atoms with van der Waals surface area (Å²) in [6.45, 7) is 8.61. The molecule has 0 aliphatic heterocycles. The molecule has 41 heavy (non-hydrogen) atoms. The van der Waals surface area contributed by atoms with Crippen molar-refractivity contribution in [2.45, 2.75) is 59.1 Å². The number of halogens is 3. The second-order valence-corrected chi connectivity index (χ2v) is 9.98. The van der Waals surface area contributed by atoms with E-state index in [0.717, 1.165) is 34.7 Å². The van der Waals surface area contributed by atoms with Gasteiger partial charge in [-0.05, 0) is 81.8 Å². The van der Waals surface area contributed by atoms with Gasteiger partial charge in [0.1, 0.15) is 11.5 Å². The van der Waals surface area contributed by atoms with Gasteiger partial charge in [-0.25, -0.2) is 19.9 Å². The van der Waals surface area contributed by atoms with E-state index in [2.05, 4.69) is 10.5 Å². The lowest BCUT2D eigenvalue weighted by atomic mass is 10.1. The third kappa shape index (κ3) is 7.99. The van der Waals surface area contributed by atoms with Gasteiger partial charge in [-0.1, -0.05) is 12.1 Å². The number of carbonyl (C=O) groups excluding carboxylic acids is 1. The Morgan fingerprint density at radius 2 is 1.76 bits per heavy atom.